The molecule has 1 saturated heterocycles. The van der Waals surface area contributed by atoms with Gasteiger partial charge in [0.25, 0.3) is 5.91 Å². The largest absolute Gasteiger partial charge is 0.481 e. The van der Waals surface area contributed by atoms with Crippen molar-refractivity contribution in [2.75, 3.05) is 13.1 Å². The van der Waals surface area contributed by atoms with Gasteiger partial charge in [-0.15, -0.1) is 0 Å². The lowest BCUT2D eigenvalue weighted by molar-refractivity contribution is -0.141. The maximum atomic E-state index is 12.9. The van der Waals surface area contributed by atoms with Gasteiger partial charge >= 0.3 is 5.97 Å². The third kappa shape index (κ3) is 2.68. The van der Waals surface area contributed by atoms with Crippen molar-refractivity contribution in [3.05, 3.63) is 53.1 Å². The van der Waals surface area contributed by atoms with Gasteiger partial charge in [-0.25, -0.2) is 0 Å². The lowest BCUT2D eigenvalue weighted by Crippen LogP contribution is -2.30. The second kappa shape index (κ2) is 6.11. The number of aliphatic carboxylic acids is 1. The van der Waals surface area contributed by atoms with Gasteiger partial charge in [-0.1, -0.05) is 6.07 Å². The zero-order valence-corrected chi connectivity index (χ0v) is 14.1. The zero-order chi connectivity index (χ0) is 17.4. The Hall–Kier alpha value is -2.63. The Kier molecular flexibility index (Phi) is 4.13. The number of amides is 1. The molecule has 0 bridgehead atoms. The molecule has 1 amide bonds. The standard InChI is InChI=1S/C18H21N3O3/c1-11-7-14(12(2)20(11)3)17(22)21-9-15(16(10-21)18(23)24)13-5-4-6-19-8-13/h4-8,15-16H,9-10H2,1-3H3,(H,23,24)/t15-,16+/m1/s1. The van der Waals surface area contributed by atoms with E-state index in [9.17, 15) is 14.7 Å². The number of carboxylic acids is 1. The number of likely N-dealkylation sites (tertiary alicyclic amines) is 1. The van der Waals surface area contributed by atoms with Gasteiger partial charge in [0.15, 0.2) is 0 Å². The minimum absolute atomic E-state index is 0.103. The van der Waals surface area contributed by atoms with E-state index in [1.165, 1.54) is 0 Å². The number of carbonyl (C=O) groups is 2. The van der Waals surface area contributed by atoms with Gasteiger partial charge in [0.2, 0.25) is 0 Å². The van der Waals surface area contributed by atoms with Crippen LogP contribution in [0.5, 0.6) is 0 Å². The summed E-state index contributed by atoms with van der Waals surface area (Å²) < 4.78 is 1.97. The number of hydrogen-bond donors (Lipinski definition) is 1. The van der Waals surface area contributed by atoms with Crippen LogP contribution in [0.3, 0.4) is 0 Å². The minimum Gasteiger partial charge on any atom is -0.481 e. The smallest absolute Gasteiger partial charge is 0.308 e. The molecule has 126 valence electrons. The van der Waals surface area contributed by atoms with E-state index in [-0.39, 0.29) is 18.4 Å². The summed E-state index contributed by atoms with van der Waals surface area (Å²) in [7, 11) is 1.92. The molecule has 6 heteroatoms. The van der Waals surface area contributed by atoms with E-state index in [4.69, 9.17) is 0 Å². The maximum Gasteiger partial charge on any atom is 0.308 e. The summed E-state index contributed by atoms with van der Waals surface area (Å²) in [5, 5.41) is 9.56. The lowest BCUT2D eigenvalue weighted by atomic mass is 9.90. The molecule has 3 heterocycles. The van der Waals surface area contributed by atoms with Crippen LogP contribution in [0.25, 0.3) is 0 Å². The summed E-state index contributed by atoms with van der Waals surface area (Å²) >= 11 is 0. The van der Waals surface area contributed by atoms with Crippen molar-refractivity contribution >= 4 is 11.9 Å². The van der Waals surface area contributed by atoms with Crippen LogP contribution in [0.1, 0.15) is 33.2 Å². The highest BCUT2D eigenvalue weighted by Gasteiger charge is 2.41. The van der Waals surface area contributed by atoms with Crippen LogP contribution in [0.2, 0.25) is 0 Å². The highest BCUT2D eigenvalue weighted by molar-refractivity contribution is 5.96. The summed E-state index contributed by atoms with van der Waals surface area (Å²) in [6.45, 7) is 4.48. The molecule has 1 aliphatic rings. The van der Waals surface area contributed by atoms with Gasteiger partial charge in [-0.2, -0.15) is 0 Å². The highest BCUT2D eigenvalue weighted by atomic mass is 16.4. The van der Waals surface area contributed by atoms with Gasteiger partial charge < -0.3 is 14.6 Å². The third-order valence-corrected chi connectivity index (χ3v) is 5.04. The number of nitrogens with zero attached hydrogens (tertiary/aromatic N) is 3. The number of aryl methyl sites for hydroxylation is 1. The first kappa shape index (κ1) is 16.2. The Bertz CT molecular complexity index is 782. The fraction of sp³-hybridized carbons (Fsp3) is 0.389. The molecule has 1 fully saturated rings. The molecule has 0 radical (unpaired) electrons. The molecule has 0 unspecified atom stereocenters. The normalized spacial score (nSPS) is 20.4. The molecule has 0 saturated carbocycles. The van der Waals surface area contributed by atoms with Crippen LogP contribution in [0.4, 0.5) is 0 Å². The molecule has 2 atom stereocenters. The first-order valence-corrected chi connectivity index (χ1v) is 7.95. The van der Waals surface area contributed by atoms with E-state index in [0.717, 1.165) is 17.0 Å². The molecule has 24 heavy (non-hydrogen) atoms. The Morgan fingerprint density at radius 2 is 2.04 bits per heavy atom. The Balaban J connectivity index is 1.89. The first-order valence-electron chi connectivity index (χ1n) is 7.95. The number of pyridine rings is 1. The van der Waals surface area contributed by atoms with Crippen molar-refractivity contribution in [3.8, 4) is 0 Å². The average molecular weight is 327 g/mol. The molecule has 0 aliphatic carbocycles. The topological polar surface area (TPSA) is 75.4 Å². The van der Waals surface area contributed by atoms with Crippen molar-refractivity contribution in [1.82, 2.24) is 14.5 Å². The molecule has 0 aromatic carbocycles. The number of rotatable bonds is 3. The number of carbonyl (C=O) groups excluding carboxylic acids is 1. The van der Waals surface area contributed by atoms with Crippen molar-refractivity contribution in [2.24, 2.45) is 13.0 Å². The minimum atomic E-state index is -0.875. The van der Waals surface area contributed by atoms with Crippen LogP contribution < -0.4 is 0 Å². The molecular weight excluding hydrogens is 306 g/mol. The lowest BCUT2D eigenvalue weighted by Gasteiger charge is -2.16. The van der Waals surface area contributed by atoms with E-state index in [0.29, 0.717) is 12.1 Å². The van der Waals surface area contributed by atoms with Gasteiger partial charge in [0.05, 0.1) is 11.5 Å². The summed E-state index contributed by atoms with van der Waals surface area (Å²) in [4.78, 5) is 30.3. The Morgan fingerprint density at radius 1 is 1.29 bits per heavy atom. The fourth-order valence-corrected chi connectivity index (χ4v) is 3.40. The van der Waals surface area contributed by atoms with Crippen molar-refractivity contribution in [3.63, 3.8) is 0 Å². The van der Waals surface area contributed by atoms with Crippen molar-refractivity contribution < 1.29 is 14.7 Å². The Morgan fingerprint density at radius 3 is 2.58 bits per heavy atom. The van der Waals surface area contributed by atoms with Crippen LogP contribution >= 0.6 is 0 Å². The first-order chi connectivity index (χ1) is 11.4. The highest BCUT2D eigenvalue weighted by Crippen LogP contribution is 2.33. The second-order valence-electron chi connectivity index (χ2n) is 6.39. The molecule has 1 aliphatic heterocycles. The quantitative estimate of drug-likeness (QED) is 0.935. The van der Waals surface area contributed by atoms with Crippen LogP contribution in [0, 0.1) is 19.8 Å². The Labute approximate surface area is 140 Å². The molecular formula is C18H21N3O3. The number of carboxylic acid groups (broad SMARTS) is 1. The summed E-state index contributed by atoms with van der Waals surface area (Å²) in [5.41, 5.74) is 3.41. The number of hydrogen-bond acceptors (Lipinski definition) is 3. The SMILES string of the molecule is Cc1cc(C(=O)N2C[C@H](C(=O)O)[C@@H](c3cccnc3)C2)c(C)n1C. The van der Waals surface area contributed by atoms with Crippen LogP contribution in [-0.2, 0) is 11.8 Å². The molecule has 0 spiro atoms. The molecule has 2 aromatic heterocycles. The summed E-state index contributed by atoms with van der Waals surface area (Å²) in [5.74, 6) is -1.82. The van der Waals surface area contributed by atoms with Crippen LogP contribution in [0.15, 0.2) is 30.6 Å². The van der Waals surface area contributed by atoms with Crippen molar-refractivity contribution in [2.45, 2.75) is 19.8 Å². The second-order valence-corrected chi connectivity index (χ2v) is 6.39. The van der Waals surface area contributed by atoms with E-state index in [1.807, 2.05) is 37.6 Å². The van der Waals surface area contributed by atoms with Gasteiger partial charge in [0, 0.05) is 49.8 Å². The third-order valence-electron chi connectivity index (χ3n) is 5.04. The fourth-order valence-electron chi connectivity index (χ4n) is 3.40. The van der Waals surface area contributed by atoms with E-state index >= 15 is 0 Å². The summed E-state index contributed by atoms with van der Waals surface area (Å²) in [6.07, 6.45) is 3.35. The molecule has 1 N–H and O–H groups in total. The van der Waals surface area contributed by atoms with Gasteiger partial charge in [-0.05, 0) is 31.5 Å². The average Bonchev–Trinajstić information content (AvgIpc) is 3.13. The molecule has 3 rings (SSSR count). The zero-order valence-electron chi connectivity index (χ0n) is 14.1. The van der Waals surface area contributed by atoms with Gasteiger partial charge in [0.1, 0.15) is 0 Å². The van der Waals surface area contributed by atoms with E-state index in [2.05, 4.69) is 4.98 Å². The predicted molar refractivity (Wildman–Crippen MR) is 88.9 cm³/mol. The van der Waals surface area contributed by atoms with Crippen LogP contribution in [-0.4, -0.2) is 44.5 Å². The molecule has 2 aromatic rings. The number of aromatic nitrogens is 2. The maximum absolute atomic E-state index is 12.9. The van der Waals surface area contributed by atoms with Gasteiger partial charge in [-0.3, -0.25) is 14.6 Å². The summed E-state index contributed by atoms with van der Waals surface area (Å²) in [6, 6.07) is 5.54. The monoisotopic (exact) mass is 327 g/mol. The van der Waals surface area contributed by atoms with Crippen molar-refractivity contribution in [1.29, 1.82) is 0 Å². The van der Waals surface area contributed by atoms with E-state index in [1.54, 1.807) is 23.4 Å². The predicted octanol–water partition coefficient (Wildman–Crippen LogP) is 1.98. The van der Waals surface area contributed by atoms with E-state index < -0.39 is 11.9 Å². The molecule has 6 nitrogen and oxygen atoms in total.